The van der Waals surface area contributed by atoms with Gasteiger partial charge in [-0.2, -0.15) is 5.10 Å². The summed E-state index contributed by atoms with van der Waals surface area (Å²) in [4.78, 5) is 14.4. The second-order valence-electron chi connectivity index (χ2n) is 6.71. The van der Waals surface area contributed by atoms with Gasteiger partial charge in [-0.05, 0) is 42.9 Å². The summed E-state index contributed by atoms with van der Waals surface area (Å²) < 4.78 is 13.0. The number of H-pyrrole nitrogens is 1. The zero-order valence-corrected chi connectivity index (χ0v) is 14.4. The van der Waals surface area contributed by atoms with E-state index < -0.39 is 6.10 Å². The van der Waals surface area contributed by atoms with Gasteiger partial charge in [-0.1, -0.05) is 25.5 Å². The van der Waals surface area contributed by atoms with Gasteiger partial charge in [0.25, 0.3) is 5.91 Å². The fourth-order valence-electron chi connectivity index (χ4n) is 3.43. The van der Waals surface area contributed by atoms with Crippen LogP contribution in [-0.2, 0) is 12.8 Å². The number of amides is 1. The highest BCUT2D eigenvalue weighted by atomic mass is 19.1. The number of benzene rings is 1. The Kier molecular flexibility index (Phi) is 5.48. The van der Waals surface area contributed by atoms with E-state index in [-0.39, 0.29) is 17.6 Å². The lowest BCUT2D eigenvalue weighted by Crippen LogP contribution is -2.47. The van der Waals surface area contributed by atoms with E-state index in [0.717, 1.165) is 30.5 Å². The number of rotatable bonds is 5. The van der Waals surface area contributed by atoms with Gasteiger partial charge in [0, 0.05) is 18.8 Å². The number of likely N-dealkylation sites (tertiary alicyclic amines) is 1. The average molecular weight is 345 g/mol. The Morgan fingerprint density at radius 3 is 2.84 bits per heavy atom. The molecule has 1 saturated heterocycles. The molecule has 25 heavy (non-hydrogen) atoms. The molecule has 6 heteroatoms. The molecule has 2 atom stereocenters. The second-order valence-corrected chi connectivity index (χ2v) is 6.71. The van der Waals surface area contributed by atoms with Crippen molar-refractivity contribution in [2.24, 2.45) is 5.92 Å². The predicted molar refractivity (Wildman–Crippen MR) is 92.7 cm³/mol. The van der Waals surface area contributed by atoms with E-state index in [4.69, 9.17) is 0 Å². The Labute approximate surface area is 146 Å². The third-order valence-electron chi connectivity index (χ3n) is 4.87. The Morgan fingerprint density at radius 1 is 1.40 bits per heavy atom. The first-order valence-corrected chi connectivity index (χ1v) is 8.82. The zero-order chi connectivity index (χ0) is 17.8. The third-order valence-corrected chi connectivity index (χ3v) is 4.87. The van der Waals surface area contributed by atoms with Crippen molar-refractivity contribution in [2.45, 2.75) is 38.7 Å². The van der Waals surface area contributed by atoms with E-state index in [0.29, 0.717) is 25.1 Å². The molecule has 5 nitrogen and oxygen atoms in total. The Morgan fingerprint density at radius 2 is 2.16 bits per heavy atom. The van der Waals surface area contributed by atoms with Crippen molar-refractivity contribution in [3.05, 3.63) is 53.1 Å². The molecule has 0 unspecified atom stereocenters. The third kappa shape index (κ3) is 4.07. The lowest BCUT2D eigenvalue weighted by atomic mass is 9.87. The molecule has 2 N–H and O–H groups in total. The number of aliphatic hydroxyl groups is 1. The van der Waals surface area contributed by atoms with Crippen molar-refractivity contribution >= 4 is 5.91 Å². The number of aliphatic hydroxyl groups excluding tert-OH is 1. The summed E-state index contributed by atoms with van der Waals surface area (Å²) in [6.45, 7) is 2.99. The summed E-state index contributed by atoms with van der Waals surface area (Å²) in [6, 6.07) is 6.38. The van der Waals surface area contributed by atoms with E-state index in [2.05, 4.69) is 17.1 Å². The minimum atomic E-state index is -0.579. The van der Waals surface area contributed by atoms with Gasteiger partial charge in [-0.3, -0.25) is 9.89 Å². The van der Waals surface area contributed by atoms with Crippen molar-refractivity contribution in [2.75, 3.05) is 13.1 Å². The van der Waals surface area contributed by atoms with Gasteiger partial charge < -0.3 is 10.0 Å². The SMILES string of the molecule is CCCc1[nH]ncc1C(=O)N1CC[C@H](Cc2ccc(F)cc2)[C@@H](O)C1. The number of carbonyl (C=O) groups excluding carboxylic acids is 1. The summed E-state index contributed by atoms with van der Waals surface area (Å²) in [5, 5.41) is 17.4. The molecule has 0 saturated carbocycles. The second kappa shape index (κ2) is 7.78. The van der Waals surface area contributed by atoms with Crippen molar-refractivity contribution in [3.8, 4) is 0 Å². The average Bonchev–Trinajstić information content (AvgIpc) is 3.06. The molecule has 2 aromatic rings. The lowest BCUT2D eigenvalue weighted by Gasteiger charge is -2.36. The van der Waals surface area contributed by atoms with Crippen molar-refractivity contribution < 1.29 is 14.3 Å². The minimum absolute atomic E-state index is 0.0727. The van der Waals surface area contributed by atoms with Gasteiger partial charge >= 0.3 is 0 Å². The zero-order valence-electron chi connectivity index (χ0n) is 14.4. The van der Waals surface area contributed by atoms with Crippen LogP contribution in [0.25, 0.3) is 0 Å². The minimum Gasteiger partial charge on any atom is -0.391 e. The molecule has 0 bridgehead atoms. The highest BCUT2D eigenvalue weighted by Gasteiger charge is 2.31. The maximum Gasteiger partial charge on any atom is 0.257 e. The number of aromatic amines is 1. The van der Waals surface area contributed by atoms with Gasteiger partial charge in [-0.15, -0.1) is 0 Å². The van der Waals surface area contributed by atoms with E-state index in [9.17, 15) is 14.3 Å². The van der Waals surface area contributed by atoms with Gasteiger partial charge in [0.05, 0.1) is 17.9 Å². The number of β-amino-alcohol motifs (C(OH)–C–C–N with tert-alkyl or cyclic N) is 1. The largest absolute Gasteiger partial charge is 0.391 e. The number of carbonyl (C=O) groups is 1. The fraction of sp³-hybridized carbons (Fsp3) is 0.474. The van der Waals surface area contributed by atoms with Crippen molar-refractivity contribution in [1.82, 2.24) is 15.1 Å². The van der Waals surface area contributed by atoms with Crippen LogP contribution >= 0.6 is 0 Å². The fourth-order valence-corrected chi connectivity index (χ4v) is 3.43. The monoisotopic (exact) mass is 345 g/mol. The maximum atomic E-state index is 13.0. The van der Waals surface area contributed by atoms with E-state index in [1.165, 1.54) is 12.1 Å². The Hall–Kier alpha value is -2.21. The molecule has 134 valence electrons. The Balaban J connectivity index is 1.62. The van der Waals surface area contributed by atoms with Crippen LogP contribution in [0.2, 0.25) is 0 Å². The standard InChI is InChI=1S/C19H24FN3O2/c1-2-3-17-16(11-21-22-17)19(25)23-9-8-14(18(24)12-23)10-13-4-6-15(20)7-5-13/h4-7,11,14,18,24H,2-3,8-10,12H2,1H3,(H,21,22)/t14-,18+/m1/s1. The molecule has 1 aromatic heterocycles. The van der Waals surface area contributed by atoms with E-state index in [1.54, 1.807) is 23.2 Å². The van der Waals surface area contributed by atoms with Crippen LogP contribution in [0, 0.1) is 11.7 Å². The summed E-state index contributed by atoms with van der Waals surface area (Å²) in [7, 11) is 0. The van der Waals surface area contributed by atoms with Crippen LogP contribution < -0.4 is 0 Å². The number of nitrogens with one attached hydrogen (secondary N) is 1. The van der Waals surface area contributed by atoms with Crippen molar-refractivity contribution in [3.63, 3.8) is 0 Å². The summed E-state index contributed by atoms with van der Waals surface area (Å²) >= 11 is 0. The highest BCUT2D eigenvalue weighted by Crippen LogP contribution is 2.24. The summed E-state index contributed by atoms with van der Waals surface area (Å²) in [5.74, 6) is -0.252. The molecule has 0 aliphatic carbocycles. The van der Waals surface area contributed by atoms with E-state index >= 15 is 0 Å². The molecule has 3 rings (SSSR count). The highest BCUT2D eigenvalue weighted by molar-refractivity contribution is 5.95. The molecule has 1 aliphatic heterocycles. The van der Waals surface area contributed by atoms with Crippen molar-refractivity contribution in [1.29, 1.82) is 0 Å². The number of hydrogen-bond donors (Lipinski definition) is 2. The molecule has 0 radical (unpaired) electrons. The van der Waals surface area contributed by atoms with Gasteiger partial charge in [0.15, 0.2) is 0 Å². The number of aromatic nitrogens is 2. The number of nitrogens with zero attached hydrogens (tertiary/aromatic N) is 2. The normalized spacial score (nSPS) is 20.7. The quantitative estimate of drug-likeness (QED) is 0.875. The first kappa shape index (κ1) is 17.6. The van der Waals surface area contributed by atoms with Crippen LogP contribution in [0.3, 0.4) is 0 Å². The maximum absolute atomic E-state index is 13.0. The van der Waals surface area contributed by atoms with Gasteiger partial charge in [0.2, 0.25) is 0 Å². The van der Waals surface area contributed by atoms with E-state index in [1.807, 2.05) is 0 Å². The van der Waals surface area contributed by atoms with Crippen LogP contribution in [0.5, 0.6) is 0 Å². The van der Waals surface area contributed by atoms with Crippen LogP contribution in [0.15, 0.2) is 30.5 Å². The number of piperidine rings is 1. The molecular weight excluding hydrogens is 321 g/mol. The number of aryl methyl sites for hydroxylation is 1. The summed E-state index contributed by atoms with van der Waals surface area (Å²) in [5.41, 5.74) is 2.46. The number of halogens is 1. The van der Waals surface area contributed by atoms with Crippen LogP contribution in [0.1, 0.15) is 41.4 Å². The lowest BCUT2D eigenvalue weighted by molar-refractivity contribution is 0.0197. The van der Waals surface area contributed by atoms with Gasteiger partial charge in [-0.25, -0.2) is 4.39 Å². The summed E-state index contributed by atoms with van der Waals surface area (Å²) in [6.07, 6.45) is 4.13. The molecule has 1 fully saturated rings. The first-order chi connectivity index (χ1) is 12.1. The first-order valence-electron chi connectivity index (χ1n) is 8.82. The molecule has 1 aliphatic rings. The molecule has 1 aromatic carbocycles. The number of hydrogen-bond acceptors (Lipinski definition) is 3. The molecule has 0 spiro atoms. The smallest absolute Gasteiger partial charge is 0.257 e. The Bertz CT molecular complexity index is 714. The molecule has 1 amide bonds. The molecule has 2 heterocycles. The van der Waals surface area contributed by atoms with Crippen LogP contribution in [-0.4, -0.2) is 45.3 Å². The predicted octanol–water partition coefficient (Wildman–Crippen LogP) is 2.57. The van der Waals surface area contributed by atoms with Gasteiger partial charge in [0.1, 0.15) is 5.82 Å². The molecular formula is C19H24FN3O2. The van der Waals surface area contributed by atoms with Crippen LogP contribution in [0.4, 0.5) is 4.39 Å². The topological polar surface area (TPSA) is 69.2 Å².